The summed E-state index contributed by atoms with van der Waals surface area (Å²) in [6, 6.07) is 0. The van der Waals surface area contributed by atoms with E-state index in [0.29, 0.717) is 6.61 Å². The van der Waals surface area contributed by atoms with E-state index in [4.69, 9.17) is 15.2 Å². The van der Waals surface area contributed by atoms with E-state index in [1.807, 2.05) is 6.92 Å². The highest BCUT2D eigenvalue weighted by Crippen LogP contribution is 2.56. The molecule has 0 N–H and O–H groups in total. The fourth-order valence-corrected chi connectivity index (χ4v) is 2.46. The minimum Gasteiger partial charge on any atom is -0.297 e. The Bertz CT molecular complexity index is 144. The van der Waals surface area contributed by atoms with E-state index in [0.717, 1.165) is 24.2 Å². The van der Waals surface area contributed by atoms with Gasteiger partial charge in [0, 0.05) is 29.0 Å². The lowest BCUT2D eigenvalue weighted by molar-refractivity contribution is 0.304. The van der Waals surface area contributed by atoms with Gasteiger partial charge in [-0.05, 0) is 13.3 Å². The van der Waals surface area contributed by atoms with Gasteiger partial charge in [0.05, 0.1) is 6.61 Å². The number of rotatable bonds is 6. The lowest BCUT2D eigenvalue weighted by atomic mass is 10.6. The molecule has 0 fully saturated rings. The average Bonchev–Trinajstić information content (AvgIpc) is 1.87. The van der Waals surface area contributed by atoms with Crippen LogP contribution >= 0.6 is 30.2 Å². The summed E-state index contributed by atoms with van der Waals surface area (Å²) < 4.78 is 20.4. The van der Waals surface area contributed by atoms with Gasteiger partial charge in [-0.2, -0.15) is 0 Å². The molecule has 0 unspecified atom stereocenters. The van der Waals surface area contributed by atoms with Crippen molar-refractivity contribution in [1.82, 2.24) is 0 Å². The summed E-state index contributed by atoms with van der Waals surface area (Å²) in [4.78, 5) is 0. The fourth-order valence-electron chi connectivity index (χ4n) is 0.359. The van der Waals surface area contributed by atoms with E-state index in [9.17, 15) is 4.57 Å². The summed E-state index contributed by atoms with van der Waals surface area (Å²) in [5.41, 5.74) is 0. The Morgan fingerprint density at radius 1 is 1.55 bits per heavy atom. The second-order valence-electron chi connectivity index (χ2n) is 1.74. The molecule has 0 aromatic carbocycles. The molecule has 68 valence electrons. The van der Waals surface area contributed by atoms with Gasteiger partial charge < -0.3 is 0 Å². The highest BCUT2D eigenvalue weighted by Gasteiger charge is 2.19. The molecule has 0 aromatic heterocycles. The molecule has 0 amide bonds. The van der Waals surface area contributed by atoms with Crippen LogP contribution in [0.15, 0.2) is 0 Å². The summed E-state index contributed by atoms with van der Waals surface area (Å²) in [6.45, 7) is 0.719. The van der Waals surface area contributed by atoms with Crippen LogP contribution in [0.4, 0.5) is 0 Å². The van der Waals surface area contributed by atoms with Gasteiger partial charge >= 0.3 is 6.95 Å². The van der Waals surface area contributed by atoms with Gasteiger partial charge in [-0.25, -0.2) is 8.54 Å². The highest BCUT2D eigenvalue weighted by atomic mass is 35.7. The molecule has 3 nitrogen and oxygen atoms in total. The molecule has 0 bridgehead atoms. The molecular weight excluding hydrogens is 207 g/mol. The Kier molecular flexibility index (Phi) is 6.78. The van der Waals surface area contributed by atoms with E-state index in [1.54, 1.807) is 6.92 Å². The maximum Gasteiger partial charge on any atom is 0.435 e. The molecule has 0 saturated carbocycles. The lowest BCUT2D eigenvalue weighted by Gasteiger charge is -2.07. The highest BCUT2D eigenvalue weighted by molar-refractivity contribution is 8.01. The van der Waals surface area contributed by atoms with Gasteiger partial charge in [0.15, 0.2) is 0 Å². The van der Waals surface area contributed by atoms with Crippen molar-refractivity contribution in [3.63, 3.8) is 0 Å². The van der Waals surface area contributed by atoms with Crippen LogP contribution in [0.1, 0.15) is 20.3 Å². The van der Waals surface area contributed by atoms with Crippen molar-refractivity contribution in [2.45, 2.75) is 20.3 Å². The first-order chi connectivity index (χ1) is 5.12. The molecule has 11 heavy (non-hydrogen) atoms. The van der Waals surface area contributed by atoms with Crippen molar-refractivity contribution in [1.29, 1.82) is 0 Å². The van der Waals surface area contributed by atoms with Crippen LogP contribution in [0.3, 0.4) is 0 Å². The van der Waals surface area contributed by atoms with Gasteiger partial charge in [-0.1, -0.05) is 6.92 Å². The molecule has 0 rings (SSSR count). The summed E-state index contributed by atoms with van der Waals surface area (Å²) >= 11 is 6.44. The SMILES string of the molecule is CCCSO[P@@](=O)(Cl)OCC. The van der Waals surface area contributed by atoms with E-state index in [1.165, 1.54) is 0 Å². The van der Waals surface area contributed by atoms with Crippen LogP contribution in [0.25, 0.3) is 0 Å². The van der Waals surface area contributed by atoms with Gasteiger partial charge in [0.2, 0.25) is 0 Å². The predicted octanol–water partition coefficient (Wildman–Crippen LogP) is 3.44. The van der Waals surface area contributed by atoms with Gasteiger partial charge in [-0.3, -0.25) is 4.52 Å². The van der Waals surface area contributed by atoms with Crippen molar-refractivity contribution in [2.24, 2.45) is 0 Å². The number of hydrogen-bond donors (Lipinski definition) is 0. The third-order valence-electron chi connectivity index (χ3n) is 0.712. The van der Waals surface area contributed by atoms with Gasteiger partial charge in [0.25, 0.3) is 0 Å². The minimum absolute atomic E-state index is 0.299. The molecule has 0 saturated heterocycles. The Balaban J connectivity index is 3.47. The van der Waals surface area contributed by atoms with Crippen LogP contribution < -0.4 is 0 Å². The van der Waals surface area contributed by atoms with Crippen LogP contribution in [-0.2, 0) is 13.1 Å². The molecule has 0 aromatic rings. The van der Waals surface area contributed by atoms with E-state index in [2.05, 4.69) is 4.52 Å². The minimum atomic E-state index is -3.29. The smallest absolute Gasteiger partial charge is 0.297 e. The number of halogens is 1. The van der Waals surface area contributed by atoms with Crippen molar-refractivity contribution in [3.05, 3.63) is 0 Å². The van der Waals surface area contributed by atoms with Crippen LogP contribution in [0.5, 0.6) is 0 Å². The predicted molar refractivity (Wildman–Crippen MR) is 48.9 cm³/mol. The first-order valence-corrected chi connectivity index (χ1v) is 6.73. The van der Waals surface area contributed by atoms with Crippen molar-refractivity contribution >= 4 is 30.2 Å². The molecule has 0 aliphatic rings. The molecule has 6 heteroatoms. The van der Waals surface area contributed by atoms with Gasteiger partial charge in [0.1, 0.15) is 0 Å². The normalized spacial score (nSPS) is 16.3. The zero-order valence-electron chi connectivity index (χ0n) is 6.58. The second-order valence-corrected chi connectivity index (χ2v) is 5.35. The topological polar surface area (TPSA) is 35.5 Å². The molecule has 0 radical (unpaired) electrons. The first-order valence-electron chi connectivity index (χ1n) is 3.37. The van der Waals surface area contributed by atoms with Gasteiger partial charge in [-0.15, -0.1) is 0 Å². The summed E-state index contributed by atoms with van der Waals surface area (Å²) in [7, 11) is 0. The van der Waals surface area contributed by atoms with Crippen LogP contribution in [0.2, 0.25) is 0 Å². The first kappa shape index (κ1) is 11.8. The summed E-state index contributed by atoms with van der Waals surface area (Å²) in [6.07, 6.45) is 0.952. The second kappa shape index (κ2) is 6.32. The van der Waals surface area contributed by atoms with Crippen LogP contribution in [0, 0.1) is 0 Å². The van der Waals surface area contributed by atoms with E-state index < -0.39 is 6.95 Å². The largest absolute Gasteiger partial charge is 0.435 e. The molecular formula is C5H12ClO3PS. The van der Waals surface area contributed by atoms with E-state index in [-0.39, 0.29) is 0 Å². The molecule has 0 spiro atoms. The average molecular weight is 219 g/mol. The Morgan fingerprint density at radius 3 is 2.64 bits per heavy atom. The quantitative estimate of drug-likeness (QED) is 0.389. The fraction of sp³-hybridized carbons (Fsp3) is 1.00. The Morgan fingerprint density at radius 2 is 2.18 bits per heavy atom. The maximum atomic E-state index is 11.0. The van der Waals surface area contributed by atoms with Crippen molar-refractivity contribution in [3.8, 4) is 0 Å². The van der Waals surface area contributed by atoms with Crippen LogP contribution in [-0.4, -0.2) is 12.4 Å². The molecule has 1 atom stereocenters. The van der Waals surface area contributed by atoms with Crippen molar-refractivity contribution in [2.75, 3.05) is 12.4 Å². The monoisotopic (exact) mass is 218 g/mol. The molecule has 0 aliphatic carbocycles. The maximum absolute atomic E-state index is 11.0. The summed E-state index contributed by atoms with van der Waals surface area (Å²) in [5.74, 6) is 0.768. The zero-order valence-corrected chi connectivity index (χ0v) is 9.05. The third kappa shape index (κ3) is 7.16. The lowest BCUT2D eigenvalue weighted by Crippen LogP contribution is -1.84. The number of hydrogen-bond acceptors (Lipinski definition) is 4. The standard InChI is InChI=1S/C5H12ClO3PS/c1-3-5-11-9-10(6,7)8-4-2/h3-5H2,1-2H3/t10-/m1/s1. The Hall–Kier alpha value is 0.790. The Labute approximate surface area is 76.3 Å². The molecule has 0 heterocycles. The zero-order chi connectivity index (χ0) is 8.74. The molecule has 0 aliphatic heterocycles. The van der Waals surface area contributed by atoms with Crippen molar-refractivity contribution < 1.29 is 13.1 Å². The third-order valence-corrected chi connectivity index (χ3v) is 3.79. The van der Waals surface area contributed by atoms with E-state index >= 15 is 0 Å². The summed E-state index contributed by atoms with van der Waals surface area (Å²) in [5, 5.41) is 0.